The number of benzene rings is 3. The summed E-state index contributed by atoms with van der Waals surface area (Å²) in [6.07, 6.45) is -11.4. The average molecular weight is 585 g/mol. The van der Waals surface area contributed by atoms with E-state index in [0.717, 1.165) is 18.2 Å². The van der Waals surface area contributed by atoms with Gasteiger partial charge in [-0.05, 0) is 23.3 Å². The Kier molecular flexibility index (Phi) is 8.20. The highest BCUT2D eigenvalue weighted by Crippen LogP contribution is 2.43. The SMILES string of the molecule is O=C(Cc1ccccc1)OCC1OC(Oc2cc(C3Oc4cc(O)cc(O)c4C(=O)C3O)ccc2O)C(O)C(O)C1O. The third-order valence-electron chi connectivity index (χ3n) is 6.95. The van der Waals surface area contributed by atoms with E-state index in [-0.39, 0.29) is 34.8 Å². The van der Waals surface area contributed by atoms with Crippen LogP contribution in [0.5, 0.6) is 28.7 Å². The molecule has 7 atom stereocenters. The fourth-order valence-corrected chi connectivity index (χ4v) is 4.73. The van der Waals surface area contributed by atoms with Gasteiger partial charge in [-0.25, -0.2) is 0 Å². The largest absolute Gasteiger partial charge is 0.508 e. The fraction of sp³-hybridized carbons (Fsp3) is 0.310. The number of aliphatic hydroxyl groups is 4. The lowest BCUT2D eigenvalue weighted by atomic mass is 9.92. The zero-order chi connectivity index (χ0) is 30.1. The van der Waals surface area contributed by atoms with Crippen molar-refractivity contribution < 1.29 is 64.3 Å². The van der Waals surface area contributed by atoms with Crippen molar-refractivity contribution in [2.45, 2.75) is 49.3 Å². The second-order valence-electron chi connectivity index (χ2n) is 9.89. The Balaban J connectivity index is 1.31. The third-order valence-corrected chi connectivity index (χ3v) is 6.95. The molecule has 0 aromatic heterocycles. The molecule has 5 rings (SSSR count). The van der Waals surface area contributed by atoms with Gasteiger partial charge in [0.1, 0.15) is 53.8 Å². The highest BCUT2D eigenvalue weighted by atomic mass is 16.7. The normalized spacial score (nSPS) is 27.0. The Bertz CT molecular complexity index is 1460. The van der Waals surface area contributed by atoms with E-state index in [1.807, 2.05) is 0 Å². The van der Waals surface area contributed by atoms with Crippen molar-refractivity contribution in [2.75, 3.05) is 6.61 Å². The minimum atomic E-state index is -1.80. The molecule has 0 radical (unpaired) electrons. The average Bonchev–Trinajstić information content (AvgIpc) is 2.96. The van der Waals surface area contributed by atoms with Crippen molar-refractivity contribution in [3.63, 3.8) is 0 Å². The number of esters is 1. The molecule has 13 nitrogen and oxygen atoms in total. The minimum absolute atomic E-state index is 0.0449. The molecule has 2 heterocycles. The molecule has 0 saturated carbocycles. The number of carbonyl (C=O) groups excluding carboxylic acids is 2. The van der Waals surface area contributed by atoms with Crippen LogP contribution in [0.3, 0.4) is 0 Å². The number of aliphatic hydroxyl groups excluding tert-OH is 4. The molecule has 3 aromatic carbocycles. The molecule has 13 heteroatoms. The number of rotatable bonds is 7. The summed E-state index contributed by atoms with van der Waals surface area (Å²) in [5, 5.41) is 72.2. The number of aromatic hydroxyl groups is 3. The van der Waals surface area contributed by atoms with Crippen molar-refractivity contribution >= 4 is 11.8 Å². The van der Waals surface area contributed by atoms with E-state index < -0.39 is 72.8 Å². The van der Waals surface area contributed by atoms with E-state index >= 15 is 0 Å². The van der Waals surface area contributed by atoms with Crippen LogP contribution >= 0.6 is 0 Å². The van der Waals surface area contributed by atoms with E-state index in [4.69, 9.17) is 18.9 Å². The van der Waals surface area contributed by atoms with Gasteiger partial charge in [0.25, 0.3) is 0 Å². The second kappa shape index (κ2) is 11.8. The number of Topliss-reactive ketones (excluding diaryl/α,β-unsaturated/α-hetero) is 1. The maximum Gasteiger partial charge on any atom is 0.310 e. The number of carbonyl (C=O) groups is 2. The molecular weight excluding hydrogens is 556 g/mol. The molecule has 2 aliphatic rings. The lowest BCUT2D eigenvalue weighted by molar-refractivity contribution is -0.278. The van der Waals surface area contributed by atoms with Gasteiger partial charge in [0, 0.05) is 12.1 Å². The number of hydrogen-bond acceptors (Lipinski definition) is 13. The summed E-state index contributed by atoms with van der Waals surface area (Å²) in [7, 11) is 0. The topological polar surface area (TPSA) is 213 Å². The first-order chi connectivity index (χ1) is 20.0. The monoisotopic (exact) mass is 584 g/mol. The van der Waals surface area contributed by atoms with E-state index in [0.29, 0.717) is 5.56 Å². The van der Waals surface area contributed by atoms with Crippen molar-refractivity contribution in [1.82, 2.24) is 0 Å². The van der Waals surface area contributed by atoms with Gasteiger partial charge in [-0.3, -0.25) is 9.59 Å². The van der Waals surface area contributed by atoms with Crippen LogP contribution < -0.4 is 9.47 Å². The van der Waals surface area contributed by atoms with Crippen molar-refractivity contribution in [1.29, 1.82) is 0 Å². The summed E-state index contributed by atoms with van der Waals surface area (Å²) in [5.41, 5.74) is 0.508. The zero-order valence-corrected chi connectivity index (χ0v) is 21.8. The number of ether oxygens (including phenoxy) is 4. The number of hydrogen-bond donors (Lipinski definition) is 7. The van der Waals surface area contributed by atoms with Crippen LogP contribution in [-0.4, -0.2) is 90.9 Å². The first-order valence-corrected chi connectivity index (χ1v) is 12.9. The fourth-order valence-electron chi connectivity index (χ4n) is 4.73. The van der Waals surface area contributed by atoms with Gasteiger partial charge in [0.05, 0.1) is 6.42 Å². The molecule has 1 fully saturated rings. The van der Waals surface area contributed by atoms with Crippen molar-refractivity contribution in [2.24, 2.45) is 0 Å². The van der Waals surface area contributed by atoms with Crippen LogP contribution in [0.15, 0.2) is 60.7 Å². The summed E-state index contributed by atoms with van der Waals surface area (Å²) in [4.78, 5) is 25.0. The molecule has 222 valence electrons. The molecule has 1 saturated heterocycles. The third kappa shape index (κ3) is 5.82. The molecule has 42 heavy (non-hydrogen) atoms. The molecule has 0 aliphatic carbocycles. The van der Waals surface area contributed by atoms with Crippen molar-refractivity contribution in [3.05, 3.63) is 77.4 Å². The van der Waals surface area contributed by atoms with E-state index in [1.165, 1.54) is 12.1 Å². The van der Waals surface area contributed by atoms with Gasteiger partial charge < -0.3 is 54.7 Å². The van der Waals surface area contributed by atoms with Crippen LogP contribution in [0.1, 0.15) is 27.6 Å². The van der Waals surface area contributed by atoms with E-state index in [9.17, 15) is 45.3 Å². The highest BCUT2D eigenvalue weighted by Gasteiger charge is 2.46. The highest BCUT2D eigenvalue weighted by molar-refractivity contribution is 6.05. The van der Waals surface area contributed by atoms with Gasteiger partial charge in [0.2, 0.25) is 12.1 Å². The summed E-state index contributed by atoms with van der Waals surface area (Å²) in [6.45, 7) is -0.480. The molecule has 2 aliphatic heterocycles. The number of fused-ring (bicyclic) bond motifs is 1. The summed E-state index contributed by atoms with van der Waals surface area (Å²) < 4.78 is 22.1. The van der Waals surface area contributed by atoms with Gasteiger partial charge in [-0.1, -0.05) is 36.4 Å². The van der Waals surface area contributed by atoms with Crippen LogP contribution in [-0.2, 0) is 20.7 Å². The molecular formula is C29H28O13. The number of ketones is 1. The molecule has 7 N–H and O–H groups in total. The molecule has 7 unspecified atom stereocenters. The second-order valence-corrected chi connectivity index (χ2v) is 9.89. The summed E-state index contributed by atoms with van der Waals surface area (Å²) in [5.74, 6) is -3.40. The Morgan fingerprint density at radius 3 is 2.33 bits per heavy atom. The maximum atomic E-state index is 12.8. The van der Waals surface area contributed by atoms with Gasteiger partial charge in [-0.2, -0.15) is 0 Å². The van der Waals surface area contributed by atoms with Gasteiger partial charge in [0.15, 0.2) is 23.7 Å². The molecule has 0 spiro atoms. The predicted molar refractivity (Wildman–Crippen MR) is 140 cm³/mol. The van der Waals surface area contributed by atoms with Gasteiger partial charge in [-0.15, -0.1) is 0 Å². The number of phenols is 3. The standard InChI is InChI=1S/C29H28O13/c30-15-10-17(32)22-19(11-15)40-28(26(37)24(22)35)14-6-7-16(31)18(9-14)41-29-27(38)25(36)23(34)20(42-29)12-39-21(33)8-13-4-2-1-3-5-13/h1-7,9-11,20,23,25-32,34,36-38H,8,12H2. The Morgan fingerprint density at radius 2 is 1.60 bits per heavy atom. The minimum Gasteiger partial charge on any atom is -0.508 e. The van der Waals surface area contributed by atoms with Crippen LogP contribution in [0.2, 0.25) is 0 Å². The molecule has 0 bridgehead atoms. The number of phenolic OH excluding ortho intramolecular Hbond substituents is 3. The first kappa shape index (κ1) is 29.1. The lowest BCUT2D eigenvalue weighted by Gasteiger charge is -2.40. The van der Waals surface area contributed by atoms with E-state index in [1.54, 1.807) is 30.3 Å². The van der Waals surface area contributed by atoms with Crippen LogP contribution in [0, 0.1) is 0 Å². The van der Waals surface area contributed by atoms with E-state index in [2.05, 4.69) is 0 Å². The quantitative estimate of drug-likeness (QED) is 0.188. The maximum absolute atomic E-state index is 12.8. The summed E-state index contributed by atoms with van der Waals surface area (Å²) in [6, 6.07) is 14.5. The smallest absolute Gasteiger partial charge is 0.310 e. The first-order valence-electron chi connectivity index (χ1n) is 12.9. The molecule has 0 amide bonds. The predicted octanol–water partition coefficient (Wildman–Crippen LogP) is 0.453. The molecule has 3 aromatic rings. The lowest BCUT2D eigenvalue weighted by Crippen LogP contribution is -2.60. The van der Waals surface area contributed by atoms with Crippen LogP contribution in [0.25, 0.3) is 0 Å². The Morgan fingerprint density at radius 1 is 0.857 bits per heavy atom. The Labute approximate surface area is 238 Å². The zero-order valence-electron chi connectivity index (χ0n) is 21.8. The summed E-state index contributed by atoms with van der Waals surface area (Å²) >= 11 is 0. The van der Waals surface area contributed by atoms with Crippen molar-refractivity contribution in [3.8, 4) is 28.7 Å². The van der Waals surface area contributed by atoms with Gasteiger partial charge >= 0.3 is 5.97 Å². The Hall–Kier alpha value is -4.40. The van der Waals surface area contributed by atoms with Crippen LogP contribution in [0.4, 0.5) is 0 Å².